The summed E-state index contributed by atoms with van der Waals surface area (Å²) in [5.41, 5.74) is 6.52. The molecule has 2 N–H and O–H groups in total. The molecule has 100 valence electrons. The molecule has 0 radical (unpaired) electrons. The summed E-state index contributed by atoms with van der Waals surface area (Å²) in [5, 5.41) is -0.00868. The molecule has 0 saturated carbocycles. The van der Waals surface area contributed by atoms with Gasteiger partial charge in [0.25, 0.3) is 0 Å². The molecule has 1 heterocycles. The summed E-state index contributed by atoms with van der Waals surface area (Å²) >= 11 is 5.70. The number of rotatable bonds is 3. The molecule has 0 aliphatic carbocycles. The van der Waals surface area contributed by atoms with Crippen molar-refractivity contribution in [2.75, 3.05) is 5.73 Å². The average Bonchev–Trinajstić information content (AvgIpc) is 2.33. The van der Waals surface area contributed by atoms with Gasteiger partial charge in [-0.15, -0.1) is 0 Å². The number of nitrogens with two attached hydrogens (primary N) is 1. The third kappa shape index (κ3) is 2.93. The third-order valence-corrected chi connectivity index (χ3v) is 2.85. The van der Waals surface area contributed by atoms with Gasteiger partial charge in [-0.25, -0.2) is 14.4 Å². The molecule has 1 aromatic heterocycles. The summed E-state index contributed by atoms with van der Waals surface area (Å²) < 4.78 is 18.7. The highest BCUT2D eigenvalue weighted by Crippen LogP contribution is 2.32. The van der Waals surface area contributed by atoms with Crippen LogP contribution in [0.4, 0.5) is 10.2 Å². The molecular weight excluding hydrogens is 269 g/mol. The van der Waals surface area contributed by atoms with Gasteiger partial charge in [0.15, 0.2) is 0 Å². The first kappa shape index (κ1) is 13.5. The van der Waals surface area contributed by atoms with Gasteiger partial charge in [0, 0.05) is 6.07 Å². The molecule has 0 bridgehead atoms. The zero-order valence-electron chi connectivity index (χ0n) is 10.5. The molecule has 2 rings (SSSR count). The van der Waals surface area contributed by atoms with E-state index in [-0.39, 0.29) is 10.9 Å². The van der Waals surface area contributed by atoms with Gasteiger partial charge in [0.05, 0.1) is 10.6 Å². The fourth-order valence-electron chi connectivity index (χ4n) is 1.67. The zero-order valence-corrected chi connectivity index (χ0v) is 11.3. The Bertz CT molecular complexity index is 604. The lowest BCUT2D eigenvalue weighted by Crippen LogP contribution is -2.04. The number of anilines is 1. The minimum Gasteiger partial charge on any atom is -0.438 e. The smallest absolute Gasteiger partial charge is 0.227 e. The number of halogens is 2. The van der Waals surface area contributed by atoms with E-state index in [1.165, 1.54) is 24.5 Å². The van der Waals surface area contributed by atoms with E-state index in [4.69, 9.17) is 22.1 Å². The van der Waals surface area contributed by atoms with Gasteiger partial charge in [0.2, 0.25) is 5.88 Å². The quantitative estimate of drug-likeness (QED) is 0.930. The van der Waals surface area contributed by atoms with Crippen LogP contribution in [0.3, 0.4) is 0 Å². The van der Waals surface area contributed by atoms with Crippen LogP contribution in [-0.4, -0.2) is 9.97 Å². The molecule has 6 heteroatoms. The number of nitrogens with zero attached hydrogens (tertiary/aromatic N) is 2. The largest absolute Gasteiger partial charge is 0.438 e. The maximum absolute atomic E-state index is 13.1. The summed E-state index contributed by atoms with van der Waals surface area (Å²) in [6.07, 6.45) is 1.32. The molecule has 1 aromatic carbocycles. The summed E-state index contributed by atoms with van der Waals surface area (Å²) in [6, 6.07) is 4.10. The van der Waals surface area contributed by atoms with Crippen molar-refractivity contribution in [3.63, 3.8) is 0 Å². The Morgan fingerprint density at radius 1 is 1.32 bits per heavy atom. The first-order chi connectivity index (χ1) is 8.99. The van der Waals surface area contributed by atoms with Crippen molar-refractivity contribution in [3.8, 4) is 11.6 Å². The minimum absolute atomic E-state index is 0.00868. The van der Waals surface area contributed by atoms with Crippen molar-refractivity contribution < 1.29 is 9.13 Å². The number of ether oxygens (including phenoxy) is 1. The van der Waals surface area contributed by atoms with Gasteiger partial charge in [-0.05, 0) is 18.1 Å². The maximum Gasteiger partial charge on any atom is 0.227 e. The highest BCUT2D eigenvalue weighted by molar-refractivity contribution is 6.30. The number of nitrogen functional groups attached to an aromatic ring is 1. The van der Waals surface area contributed by atoms with Gasteiger partial charge in [0.1, 0.15) is 23.7 Å². The van der Waals surface area contributed by atoms with Crippen LogP contribution in [0.1, 0.15) is 25.3 Å². The molecule has 0 saturated heterocycles. The zero-order chi connectivity index (χ0) is 14.0. The van der Waals surface area contributed by atoms with Crippen molar-refractivity contribution >= 4 is 17.4 Å². The second-order valence-corrected chi connectivity index (χ2v) is 4.72. The van der Waals surface area contributed by atoms with E-state index in [2.05, 4.69) is 9.97 Å². The fraction of sp³-hybridized carbons (Fsp3) is 0.231. The second-order valence-electron chi connectivity index (χ2n) is 4.31. The van der Waals surface area contributed by atoms with E-state index < -0.39 is 5.82 Å². The number of hydrogen-bond acceptors (Lipinski definition) is 4. The first-order valence-electron chi connectivity index (χ1n) is 5.72. The highest BCUT2D eigenvalue weighted by Gasteiger charge is 2.15. The maximum atomic E-state index is 13.1. The van der Waals surface area contributed by atoms with Crippen LogP contribution >= 0.6 is 11.6 Å². The van der Waals surface area contributed by atoms with Crippen molar-refractivity contribution in [1.82, 2.24) is 9.97 Å². The van der Waals surface area contributed by atoms with Gasteiger partial charge in [-0.3, -0.25) is 0 Å². The molecule has 0 amide bonds. The molecule has 2 aromatic rings. The summed E-state index contributed by atoms with van der Waals surface area (Å²) in [7, 11) is 0. The Labute approximate surface area is 115 Å². The molecule has 0 fully saturated rings. The van der Waals surface area contributed by atoms with Crippen molar-refractivity contribution in [2.24, 2.45) is 0 Å². The SMILES string of the molecule is CC(C)c1c(N)ncnc1Oc1ccc(F)c(Cl)c1. The van der Waals surface area contributed by atoms with Gasteiger partial charge in [-0.1, -0.05) is 25.4 Å². The Morgan fingerprint density at radius 3 is 2.68 bits per heavy atom. The average molecular weight is 282 g/mol. The highest BCUT2D eigenvalue weighted by atomic mass is 35.5. The fourth-order valence-corrected chi connectivity index (χ4v) is 1.84. The molecule has 0 atom stereocenters. The Balaban J connectivity index is 2.38. The van der Waals surface area contributed by atoms with Crippen molar-refractivity contribution in [3.05, 3.63) is 40.9 Å². The number of benzene rings is 1. The normalized spacial score (nSPS) is 10.8. The monoisotopic (exact) mass is 281 g/mol. The Hall–Kier alpha value is -1.88. The van der Waals surface area contributed by atoms with Crippen molar-refractivity contribution in [1.29, 1.82) is 0 Å². The molecule has 0 aliphatic rings. The number of hydrogen-bond donors (Lipinski definition) is 1. The lowest BCUT2D eigenvalue weighted by atomic mass is 10.1. The van der Waals surface area contributed by atoms with Gasteiger partial charge < -0.3 is 10.5 Å². The molecule has 19 heavy (non-hydrogen) atoms. The lowest BCUT2D eigenvalue weighted by Gasteiger charge is -2.13. The minimum atomic E-state index is -0.500. The van der Waals surface area contributed by atoms with Crippen LogP contribution in [0, 0.1) is 5.82 Å². The van der Waals surface area contributed by atoms with Crippen LogP contribution in [0.5, 0.6) is 11.6 Å². The van der Waals surface area contributed by atoms with E-state index in [1.54, 1.807) is 0 Å². The van der Waals surface area contributed by atoms with Crippen LogP contribution in [-0.2, 0) is 0 Å². The molecule has 0 aliphatic heterocycles. The second kappa shape index (κ2) is 5.40. The molecule has 0 unspecified atom stereocenters. The molecular formula is C13H13ClFN3O. The topological polar surface area (TPSA) is 61.0 Å². The Kier molecular flexibility index (Phi) is 3.85. The van der Waals surface area contributed by atoms with E-state index in [9.17, 15) is 4.39 Å². The third-order valence-electron chi connectivity index (χ3n) is 2.56. The van der Waals surface area contributed by atoms with Crippen LogP contribution in [0.2, 0.25) is 5.02 Å². The number of aromatic nitrogens is 2. The summed E-state index contributed by atoms with van der Waals surface area (Å²) in [5.74, 6) is 0.720. The molecule has 4 nitrogen and oxygen atoms in total. The van der Waals surface area contributed by atoms with E-state index in [1.807, 2.05) is 13.8 Å². The predicted octanol–water partition coefficient (Wildman–Crippen LogP) is 3.77. The van der Waals surface area contributed by atoms with Crippen molar-refractivity contribution in [2.45, 2.75) is 19.8 Å². The van der Waals surface area contributed by atoms with Crippen LogP contribution < -0.4 is 10.5 Å². The lowest BCUT2D eigenvalue weighted by molar-refractivity contribution is 0.450. The van der Waals surface area contributed by atoms with E-state index >= 15 is 0 Å². The molecule has 0 spiro atoms. The summed E-state index contributed by atoms with van der Waals surface area (Å²) in [4.78, 5) is 7.99. The van der Waals surface area contributed by atoms with Gasteiger partial charge >= 0.3 is 0 Å². The van der Waals surface area contributed by atoms with Crippen LogP contribution in [0.15, 0.2) is 24.5 Å². The Morgan fingerprint density at radius 2 is 2.05 bits per heavy atom. The predicted molar refractivity (Wildman–Crippen MR) is 72.0 cm³/mol. The van der Waals surface area contributed by atoms with Crippen LogP contribution in [0.25, 0.3) is 0 Å². The summed E-state index contributed by atoms with van der Waals surface area (Å²) in [6.45, 7) is 3.92. The van der Waals surface area contributed by atoms with E-state index in [0.29, 0.717) is 23.0 Å². The van der Waals surface area contributed by atoms with Gasteiger partial charge in [-0.2, -0.15) is 0 Å². The first-order valence-corrected chi connectivity index (χ1v) is 6.10. The standard InChI is InChI=1S/C13H13ClFN3O/c1-7(2)11-12(16)17-6-18-13(11)19-8-3-4-10(15)9(14)5-8/h3-7H,1-2H3,(H2,16,17,18). The van der Waals surface area contributed by atoms with E-state index in [0.717, 1.165) is 0 Å².